The number of carbonyl (C=O) groups is 1. The summed E-state index contributed by atoms with van der Waals surface area (Å²) in [7, 11) is 0. The van der Waals surface area contributed by atoms with Crippen molar-refractivity contribution in [2.45, 2.75) is 33.7 Å². The minimum absolute atomic E-state index is 0.304. The lowest BCUT2D eigenvalue weighted by Crippen LogP contribution is -2.08. The van der Waals surface area contributed by atoms with Crippen molar-refractivity contribution < 1.29 is 9.53 Å². The Hall–Kier alpha value is -1.69. The van der Waals surface area contributed by atoms with Crippen molar-refractivity contribution in [2.24, 2.45) is 5.92 Å². The van der Waals surface area contributed by atoms with Gasteiger partial charge in [-0.15, -0.1) is 16.4 Å². The Morgan fingerprint density at radius 1 is 1.50 bits per heavy atom. The third kappa shape index (κ3) is 3.25. The van der Waals surface area contributed by atoms with Gasteiger partial charge in [0.2, 0.25) is 0 Å². The number of hydrogen-bond donors (Lipinski definition) is 0. The molecule has 5 nitrogen and oxygen atoms in total. The van der Waals surface area contributed by atoms with E-state index >= 15 is 0 Å². The van der Waals surface area contributed by atoms with Crippen LogP contribution in [0.3, 0.4) is 0 Å². The van der Waals surface area contributed by atoms with E-state index in [4.69, 9.17) is 4.74 Å². The molecule has 0 saturated heterocycles. The van der Waals surface area contributed by atoms with Crippen molar-refractivity contribution >= 4 is 17.3 Å². The second kappa shape index (κ2) is 6.65. The van der Waals surface area contributed by atoms with Gasteiger partial charge in [0.05, 0.1) is 11.5 Å². The molecule has 0 atom stereocenters. The molecule has 0 aliphatic rings. The lowest BCUT2D eigenvalue weighted by Gasteiger charge is -2.08. The first-order chi connectivity index (χ1) is 9.63. The van der Waals surface area contributed by atoms with Crippen LogP contribution in [0, 0.1) is 5.92 Å². The Bertz CT molecular complexity index is 561. The van der Waals surface area contributed by atoms with Gasteiger partial charge in [-0.3, -0.25) is 0 Å². The molecule has 0 amide bonds. The van der Waals surface area contributed by atoms with Crippen LogP contribution in [-0.2, 0) is 11.3 Å². The Labute approximate surface area is 122 Å². The lowest BCUT2D eigenvalue weighted by molar-refractivity contribution is 0.0520. The van der Waals surface area contributed by atoms with Crippen LogP contribution in [0.5, 0.6) is 0 Å². The number of hydrogen-bond acceptors (Lipinski definition) is 5. The number of ether oxygens (including phenoxy) is 1. The predicted octanol–water partition coefficient (Wildman–Crippen LogP) is 3.23. The molecule has 2 heterocycles. The third-order valence-electron chi connectivity index (χ3n) is 2.88. The van der Waals surface area contributed by atoms with Gasteiger partial charge in [-0.2, -0.15) is 0 Å². The average Bonchev–Trinajstić information content (AvgIpc) is 3.05. The van der Waals surface area contributed by atoms with Crippen molar-refractivity contribution in [3.05, 3.63) is 23.2 Å². The van der Waals surface area contributed by atoms with Crippen molar-refractivity contribution in [2.75, 3.05) is 6.61 Å². The number of rotatable bonds is 6. The summed E-state index contributed by atoms with van der Waals surface area (Å²) in [6.45, 7) is 7.19. The molecule has 108 valence electrons. The number of carbonyl (C=O) groups excluding carboxylic acids is 1. The topological polar surface area (TPSA) is 57.0 Å². The van der Waals surface area contributed by atoms with E-state index in [-0.39, 0.29) is 0 Å². The quantitative estimate of drug-likeness (QED) is 0.767. The van der Waals surface area contributed by atoms with Gasteiger partial charge in [-0.05, 0) is 30.7 Å². The average molecular weight is 293 g/mol. The molecule has 2 aromatic rings. The highest BCUT2D eigenvalue weighted by atomic mass is 32.1. The van der Waals surface area contributed by atoms with E-state index in [0.29, 0.717) is 18.2 Å². The highest BCUT2D eigenvalue weighted by molar-refractivity contribution is 7.13. The van der Waals surface area contributed by atoms with E-state index in [9.17, 15) is 4.79 Å². The normalized spacial score (nSPS) is 11.0. The number of aryl methyl sites for hydroxylation is 1. The Balaban J connectivity index is 2.35. The first-order valence-corrected chi connectivity index (χ1v) is 7.66. The first-order valence-electron chi connectivity index (χ1n) is 6.78. The molecule has 2 rings (SSSR count). The van der Waals surface area contributed by atoms with Gasteiger partial charge in [-0.25, -0.2) is 9.48 Å². The summed E-state index contributed by atoms with van der Waals surface area (Å²) in [5.74, 6) is 0.160. The summed E-state index contributed by atoms with van der Waals surface area (Å²) in [5, 5.41) is 10.1. The van der Waals surface area contributed by atoms with Gasteiger partial charge in [-0.1, -0.05) is 25.1 Å². The van der Waals surface area contributed by atoms with Crippen LogP contribution in [-0.4, -0.2) is 27.6 Å². The largest absolute Gasteiger partial charge is 0.461 e. The molecule has 0 aliphatic heterocycles. The maximum absolute atomic E-state index is 12.0. The van der Waals surface area contributed by atoms with E-state index < -0.39 is 5.97 Å². The van der Waals surface area contributed by atoms with Crippen LogP contribution in [0.25, 0.3) is 10.6 Å². The maximum atomic E-state index is 12.0. The Morgan fingerprint density at radius 3 is 2.90 bits per heavy atom. The van der Waals surface area contributed by atoms with Crippen molar-refractivity contribution in [3.8, 4) is 10.6 Å². The van der Waals surface area contributed by atoms with Crippen molar-refractivity contribution in [1.29, 1.82) is 0 Å². The fourth-order valence-electron chi connectivity index (χ4n) is 1.84. The minimum atomic E-state index is -0.410. The molecule has 0 saturated carbocycles. The molecule has 20 heavy (non-hydrogen) atoms. The van der Waals surface area contributed by atoms with Gasteiger partial charge in [0.25, 0.3) is 0 Å². The van der Waals surface area contributed by atoms with Crippen LogP contribution in [0.1, 0.15) is 37.7 Å². The zero-order chi connectivity index (χ0) is 14.5. The minimum Gasteiger partial charge on any atom is -0.461 e. The molecule has 0 aromatic carbocycles. The SMILES string of the molecule is CCOC(=O)c1nnn(CCC(C)C)c1-c1cccs1. The van der Waals surface area contributed by atoms with Crippen LogP contribution < -0.4 is 0 Å². The smallest absolute Gasteiger partial charge is 0.361 e. The Kier molecular flexibility index (Phi) is 4.89. The fraction of sp³-hybridized carbons (Fsp3) is 0.500. The molecule has 0 spiro atoms. The molecule has 0 aliphatic carbocycles. The van der Waals surface area contributed by atoms with E-state index in [0.717, 1.165) is 23.5 Å². The summed E-state index contributed by atoms with van der Waals surface area (Å²) < 4.78 is 6.86. The summed E-state index contributed by atoms with van der Waals surface area (Å²) in [4.78, 5) is 13.0. The van der Waals surface area contributed by atoms with Gasteiger partial charge >= 0.3 is 5.97 Å². The molecular formula is C14H19N3O2S. The van der Waals surface area contributed by atoms with E-state index in [1.165, 1.54) is 0 Å². The zero-order valence-electron chi connectivity index (χ0n) is 12.0. The molecular weight excluding hydrogens is 274 g/mol. The maximum Gasteiger partial charge on any atom is 0.361 e. The van der Waals surface area contributed by atoms with Gasteiger partial charge in [0.1, 0.15) is 5.69 Å². The monoisotopic (exact) mass is 293 g/mol. The number of thiophene rings is 1. The standard InChI is InChI=1S/C14H19N3O2S/c1-4-19-14(18)12-13(11-6-5-9-20-11)17(16-15-12)8-7-10(2)3/h5-6,9-10H,4,7-8H2,1-3H3. The fourth-order valence-corrected chi connectivity index (χ4v) is 2.62. The van der Waals surface area contributed by atoms with Crippen molar-refractivity contribution in [3.63, 3.8) is 0 Å². The zero-order valence-corrected chi connectivity index (χ0v) is 12.8. The van der Waals surface area contributed by atoms with Crippen LogP contribution >= 0.6 is 11.3 Å². The van der Waals surface area contributed by atoms with Crippen molar-refractivity contribution in [1.82, 2.24) is 15.0 Å². The number of esters is 1. The molecule has 0 unspecified atom stereocenters. The van der Waals surface area contributed by atoms with Crippen LogP contribution in [0.15, 0.2) is 17.5 Å². The third-order valence-corrected chi connectivity index (χ3v) is 3.75. The van der Waals surface area contributed by atoms with E-state index in [1.807, 2.05) is 17.5 Å². The first kappa shape index (κ1) is 14.7. The molecule has 0 N–H and O–H groups in total. The highest BCUT2D eigenvalue weighted by Gasteiger charge is 2.22. The second-order valence-corrected chi connectivity index (χ2v) is 5.84. The predicted molar refractivity (Wildman–Crippen MR) is 78.7 cm³/mol. The summed E-state index contributed by atoms with van der Waals surface area (Å²) in [6, 6.07) is 3.92. The number of nitrogens with zero attached hydrogens (tertiary/aromatic N) is 3. The van der Waals surface area contributed by atoms with E-state index in [2.05, 4.69) is 24.2 Å². The van der Waals surface area contributed by atoms with Gasteiger partial charge in [0, 0.05) is 6.54 Å². The lowest BCUT2D eigenvalue weighted by atomic mass is 10.1. The molecule has 0 radical (unpaired) electrons. The van der Waals surface area contributed by atoms with Gasteiger partial charge in [0.15, 0.2) is 5.69 Å². The van der Waals surface area contributed by atoms with E-state index in [1.54, 1.807) is 22.9 Å². The number of aromatic nitrogens is 3. The summed E-state index contributed by atoms with van der Waals surface area (Å²) in [5.41, 5.74) is 1.07. The Morgan fingerprint density at radius 2 is 2.30 bits per heavy atom. The molecule has 2 aromatic heterocycles. The van der Waals surface area contributed by atoms with Gasteiger partial charge < -0.3 is 4.74 Å². The molecule has 0 fully saturated rings. The second-order valence-electron chi connectivity index (χ2n) is 4.89. The summed E-state index contributed by atoms with van der Waals surface area (Å²) in [6.07, 6.45) is 0.990. The van der Waals surface area contributed by atoms with Crippen LogP contribution in [0.4, 0.5) is 0 Å². The molecule has 6 heteroatoms. The molecule has 0 bridgehead atoms. The highest BCUT2D eigenvalue weighted by Crippen LogP contribution is 2.27. The van der Waals surface area contributed by atoms with Crippen LogP contribution in [0.2, 0.25) is 0 Å². The summed E-state index contributed by atoms with van der Waals surface area (Å²) >= 11 is 1.57.